The van der Waals surface area contributed by atoms with Gasteiger partial charge in [0.25, 0.3) is 0 Å². The molecule has 3 aliphatic rings. The molecule has 244 valence electrons. The largest absolute Gasteiger partial charge is 0.388 e. The first-order chi connectivity index (χ1) is 19.8. The topological polar surface area (TPSA) is 311 Å². The van der Waals surface area contributed by atoms with Gasteiger partial charge in [0.15, 0.2) is 12.6 Å². The number of rotatable bonds is 12. The zero-order chi connectivity index (χ0) is 31.2. The number of aliphatic imine (C=N–C) groups is 2. The Bertz CT molecular complexity index is 915. The quantitative estimate of drug-likeness (QED) is 0.0730. The molecule has 1 aliphatic carbocycles. The van der Waals surface area contributed by atoms with E-state index in [1.807, 2.05) is 0 Å². The Morgan fingerprint density at radius 2 is 1.76 bits per heavy atom. The zero-order valence-electron chi connectivity index (χ0n) is 24.4. The third-order valence-electron chi connectivity index (χ3n) is 8.01. The summed E-state index contributed by atoms with van der Waals surface area (Å²) in [7, 11) is 1.59. The molecular weight excluding hydrogens is 554 g/mol. The Labute approximate surface area is 245 Å². The minimum atomic E-state index is -1.41. The third kappa shape index (κ3) is 8.53. The van der Waals surface area contributed by atoms with Crippen molar-refractivity contribution in [3.63, 3.8) is 0 Å². The number of nitrogens with one attached hydrogen (secondary N) is 1. The number of likely N-dealkylation sites (N-methyl/N-ethyl adjacent to an activating group) is 1. The van der Waals surface area contributed by atoms with Crippen molar-refractivity contribution in [3.05, 3.63) is 0 Å². The molecule has 0 amide bonds. The first kappa shape index (κ1) is 34.9. The molecule has 0 aromatic carbocycles. The molecule has 42 heavy (non-hydrogen) atoms. The molecule has 1 unspecified atom stereocenters. The molecule has 13 atom stereocenters. The van der Waals surface area contributed by atoms with Crippen molar-refractivity contribution >= 4 is 11.7 Å². The van der Waals surface area contributed by atoms with Gasteiger partial charge >= 0.3 is 0 Å². The lowest BCUT2D eigenvalue weighted by molar-refractivity contribution is -0.306. The van der Waals surface area contributed by atoms with Crippen LogP contribution < -0.4 is 39.7 Å². The number of nitrogens with two attached hydrogens (primary N) is 6. The van der Waals surface area contributed by atoms with E-state index < -0.39 is 72.9 Å². The molecule has 3 rings (SSSR count). The minimum Gasteiger partial charge on any atom is -0.388 e. The number of aliphatic hydroxyl groups is 4. The molecule has 0 spiro atoms. The molecule has 0 bridgehead atoms. The summed E-state index contributed by atoms with van der Waals surface area (Å²) < 4.78 is 24.0. The van der Waals surface area contributed by atoms with Gasteiger partial charge in [0.2, 0.25) is 0 Å². The first-order valence-corrected chi connectivity index (χ1v) is 14.4. The summed E-state index contributed by atoms with van der Waals surface area (Å²) in [6, 6.07) is -2.92. The smallest absolute Gasteiger partial charge is 0.185 e. The van der Waals surface area contributed by atoms with Crippen LogP contribution in [0.3, 0.4) is 0 Å². The van der Waals surface area contributed by atoms with Gasteiger partial charge in [-0.25, -0.2) is 0 Å². The van der Waals surface area contributed by atoms with Crippen molar-refractivity contribution in [2.45, 2.75) is 112 Å². The van der Waals surface area contributed by atoms with Gasteiger partial charge in [-0.2, -0.15) is 0 Å². The second kappa shape index (κ2) is 15.4. The Balaban J connectivity index is 1.83. The van der Waals surface area contributed by atoms with Gasteiger partial charge in [0, 0.05) is 6.04 Å². The fourth-order valence-electron chi connectivity index (χ4n) is 5.58. The summed E-state index contributed by atoms with van der Waals surface area (Å²) in [6.07, 6.45) is -7.01. The van der Waals surface area contributed by atoms with Gasteiger partial charge < -0.3 is 79.1 Å². The third-order valence-corrected chi connectivity index (χ3v) is 8.01. The molecule has 1 saturated carbocycles. The maximum Gasteiger partial charge on any atom is 0.185 e. The van der Waals surface area contributed by atoms with Crippen molar-refractivity contribution in [3.8, 4) is 0 Å². The highest BCUT2D eigenvalue weighted by Gasteiger charge is 2.51. The van der Waals surface area contributed by atoms with Crippen LogP contribution in [0.4, 0.5) is 0 Å². The predicted molar refractivity (Wildman–Crippen MR) is 154 cm³/mol. The molecule has 2 saturated heterocycles. The lowest BCUT2D eigenvalue weighted by Gasteiger charge is -2.48. The summed E-state index contributed by atoms with van der Waals surface area (Å²) in [6.45, 7) is 1.95. The summed E-state index contributed by atoms with van der Waals surface area (Å²) in [5.41, 5.74) is 34.2. The van der Waals surface area contributed by atoms with Gasteiger partial charge in [-0.1, -0.05) is 0 Å². The number of nitrogens with zero attached hydrogens (tertiary/aromatic N) is 2. The van der Waals surface area contributed by atoms with Gasteiger partial charge in [-0.05, 0) is 46.2 Å². The average molecular weight is 606 g/mol. The molecule has 17 heteroatoms. The van der Waals surface area contributed by atoms with Crippen molar-refractivity contribution in [1.82, 2.24) is 5.32 Å². The molecule has 0 radical (unpaired) electrons. The van der Waals surface area contributed by atoms with Crippen LogP contribution in [0.5, 0.6) is 0 Å². The highest BCUT2D eigenvalue weighted by Crippen LogP contribution is 2.33. The van der Waals surface area contributed by atoms with Crippen LogP contribution in [0, 0.1) is 0 Å². The second-order valence-corrected chi connectivity index (χ2v) is 11.5. The number of hydrogen-bond donors (Lipinski definition) is 11. The maximum absolute atomic E-state index is 11.6. The molecule has 17 nitrogen and oxygen atoms in total. The molecule has 17 N–H and O–H groups in total. The molecule has 0 aromatic rings. The molecule has 0 aromatic heterocycles. The summed E-state index contributed by atoms with van der Waals surface area (Å²) in [4.78, 5) is 8.64. The predicted octanol–water partition coefficient (Wildman–Crippen LogP) is -5.51. The number of hydrogen-bond acceptors (Lipinski definition) is 15. The fraction of sp³-hybridized carbons (Fsp3) is 0.920. The van der Waals surface area contributed by atoms with E-state index in [4.69, 9.17) is 53.3 Å². The van der Waals surface area contributed by atoms with Gasteiger partial charge in [-0.3, -0.25) is 9.98 Å². The van der Waals surface area contributed by atoms with E-state index in [9.17, 15) is 20.4 Å². The average Bonchev–Trinajstić information content (AvgIpc) is 2.94. The van der Waals surface area contributed by atoms with Crippen LogP contribution in [0.1, 0.15) is 32.6 Å². The van der Waals surface area contributed by atoms with Crippen molar-refractivity contribution in [2.75, 3.05) is 33.3 Å². The number of ether oxygens (including phenoxy) is 4. The monoisotopic (exact) mass is 605 g/mol. The van der Waals surface area contributed by atoms with E-state index in [1.165, 1.54) is 6.92 Å². The summed E-state index contributed by atoms with van der Waals surface area (Å²) in [5.74, 6) is 0.198. The van der Waals surface area contributed by atoms with E-state index in [1.54, 1.807) is 7.05 Å². The highest BCUT2D eigenvalue weighted by molar-refractivity contribution is 5.84. The molecule has 3 fully saturated rings. The van der Waals surface area contributed by atoms with E-state index in [2.05, 4.69) is 15.3 Å². The van der Waals surface area contributed by atoms with Crippen LogP contribution in [0.2, 0.25) is 0 Å². The normalized spacial score (nSPS) is 42.9. The Morgan fingerprint density at radius 3 is 2.40 bits per heavy atom. The van der Waals surface area contributed by atoms with Crippen LogP contribution >= 0.6 is 0 Å². The van der Waals surface area contributed by atoms with E-state index in [-0.39, 0.29) is 51.0 Å². The van der Waals surface area contributed by atoms with E-state index in [0.29, 0.717) is 18.7 Å². The second-order valence-electron chi connectivity index (χ2n) is 11.5. The summed E-state index contributed by atoms with van der Waals surface area (Å²) in [5, 5.41) is 46.4. The SMILES string of the molecule is CN[C@@H]1[C@@H](O)[C@@H](O[C@@H]2[C@@H](O)[C@H](O[C@H]3O[C@H](CN=C(N)CN)CC[C@H]3N)[C@@H](N)C[C@H]2N=C(N)C(O)CCN)OC[C@]1(C)O. The van der Waals surface area contributed by atoms with Crippen molar-refractivity contribution in [1.29, 1.82) is 0 Å². The van der Waals surface area contributed by atoms with E-state index >= 15 is 0 Å². The fourth-order valence-corrected chi connectivity index (χ4v) is 5.58. The highest BCUT2D eigenvalue weighted by atomic mass is 16.7. The van der Waals surface area contributed by atoms with Crippen molar-refractivity contribution < 1.29 is 39.4 Å². The lowest BCUT2D eigenvalue weighted by Crippen LogP contribution is -2.67. The van der Waals surface area contributed by atoms with Gasteiger partial charge in [-0.15, -0.1) is 0 Å². The minimum absolute atomic E-state index is 0.100. The Kier molecular flexibility index (Phi) is 12.8. The zero-order valence-corrected chi connectivity index (χ0v) is 24.4. The van der Waals surface area contributed by atoms with Crippen LogP contribution in [0.25, 0.3) is 0 Å². The van der Waals surface area contributed by atoms with Crippen LogP contribution in [0.15, 0.2) is 9.98 Å². The molecule has 2 heterocycles. The summed E-state index contributed by atoms with van der Waals surface area (Å²) >= 11 is 0. The maximum atomic E-state index is 11.6. The molecule has 2 aliphatic heterocycles. The van der Waals surface area contributed by atoms with Crippen molar-refractivity contribution in [2.24, 2.45) is 44.4 Å². The first-order valence-electron chi connectivity index (χ1n) is 14.4. The standard InChI is InChI=1S/C25H51N9O8/c1-25(38)10-39-24(18(37)21(25)32-2)42-20-14(34-22(31)15(35)5-6-26)7-13(29)19(17(20)36)41-23-12(28)4-3-11(40-23)9-33-16(30)8-27/h11-15,17-21,23-24,32,35-38H,3-10,26-29H2,1-2H3,(H2,30,33)(H2,31,34)/t11-,12+,13-,14+,15?,17-,18+,19+,20-,21+,23+,24+,25-/m0/s1. The van der Waals surface area contributed by atoms with Crippen LogP contribution in [-0.4, -0.2) is 144 Å². The lowest BCUT2D eigenvalue weighted by atomic mass is 9.83. The number of aliphatic hydroxyl groups excluding tert-OH is 3. The Morgan fingerprint density at radius 1 is 1.07 bits per heavy atom. The number of amidine groups is 2. The van der Waals surface area contributed by atoms with Gasteiger partial charge in [0.05, 0.1) is 43.9 Å². The van der Waals surface area contributed by atoms with Crippen LogP contribution in [-0.2, 0) is 18.9 Å². The molecular formula is C25H51N9O8. The Hall–Kier alpha value is -1.58. The van der Waals surface area contributed by atoms with Gasteiger partial charge in [0.1, 0.15) is 47.8 Å². The van der Waals surface area contributed by atoms with E-state index in [0.717, 1.165) is 0 Å².